The second kappa shape index (κ2) is 4.47. The van der Waals surface area contributed by atoms with Crippen molar-refractivity contribution in [2.45, 2.75) is 24.9 Å². The summed E-state index contributed by atoms with van der Waals surface area (Å²) in [5.74, 6) is -0.159. The van der Waals surface area contributed by atoms with Crippen LogP contribution in [0.1, 0.15) is 12.8 Å². The van der Waals surface area contributed by atoms with Gasteiger partial charge in [-0.2, -0.15) is 0 Å². The number of hydrogen-bond donors (Lipinski definition) is 2. The zero-order valence-electron chi connectivity index (χ0n) is 8.76. The van der Waals surface area contributed by atoms with Gasteiger partial charge in [0.05, 0.1) is 25.7 Å². The summed E-state index contributed by atoms with van der Waals surface area (Å²) < 4.78 is 5.18. The van der Waals surface area contributed by atoms with Gasteiger partial charge in [-0.1, -0.05) is 0 Å². The summed E-state index contributed by atoms with van der Waals surface area (Å²) in [6.07, 6.45) is 2.10. The van der Waals surface area contributed by atoms with Gasteiger partial charge in [0.25, 0.3) is 0 Å². The molecule has 0 aromatic heterocycles. The van der Waals surface area contributed by atoms with Crippen molar-refractivity contribution in [3.8, 4) is 0 Å². The number of aliphatic hydroxyl groups is 1. The Balaban J connectivity index is 1.96. The average Bonchev–Trinajstić information content (AvgIpc) is 2.97. The van der Waals surface area contributed by atoms with E-state index in [1.54, 1.807) is 4.90 Å². The number of carbonyl (C=O) groups is 1. The van der Waals surface area contributed by atoms with Gasteiger partial charge in [-0.15, -0.1) is 0 Å². The third-order valence-electron chi connectivity index (χ3n) is 3.05. The second-order valence-corrected chi connectivity index (χ2v) is 4.29. The number of nitrogens with two attached hydrogens (primary N) is 1. The molecule has 1 saturated carbocycles. The Hall–Kier alpha value is -0.650. The van der Waals surface area contributed by atoms with Crippen LogP contribution in [0.25, 0.3) is 0 Å². The first-order valence-corrected chi connectivity index (χ1v) is 5.48. The first kappa shape index (κ1) is 10.9. The molecule has 1 heterocycles. The molecule has 2 fully saturated rings. The molecule has 1 aliphatic heterocycles. The van der Waals surface area contributed by atoms with Crippen LogP contribution in [0.2, 0.25) is 0 Å². The molecule has 86 valence electrons. The van der Waals surface area contributed by atoms with Crippen LogP contribution in [0.5, 0.6) is 0 Å². The summed E-state index contributed by atoms with van der Waals surface area (Å²) in [5, 5.41) is 8.91. The molecular formula is C10H18N2O3. The van der Waals surface area contributed by atoms with Gasteiger partial charge in [-0.25, -0.2) is 0 Å². The minimum atomic E-state index is -0.211. The van der Waals surface area contributed by atoms with Crippen LogP contribution in [-0.2, 0) is 9.53 Å². The topological polar surface area (TPSA) is 75.8 Å². The first-order chi connectivity index (χ1) is 7.24. The summed E-state index contributed by atoms with van der Waals surface area (Å²) in [7, 11) is 0. The van der Waals surface area contributed by atoms with Gasteiger partial charge in [0.15, 0.2) is 0 Å². The Morgan fingerprint density at radius 1 is 1.47 bits per heavy atom. The molecule has 2 rings (SSSR count). The van der Waals surface area contributed by atoms with Crippen LogP contribution >= 0.6 is 0 Å². The molecule has 5 heteroatoms. The van der Waals surface area contributed by atoms with Crippen molar-refractivity contribution in [2.75, 3.05) is 26.4 Å². The van der Waals surface area contributed by atoms with Crippen LogP contribution in [0, 0.1) is 5.92 Å². The maximum absolute atomic E-state index is 12.1. The Labute approximate surface area is 89.2 Å². The molecule has 0 aromatic rings. The van der Waals surface area contributed by atoms with Crippen LogP contribution in [0.4, 0.5) is 0 Å². The van der Waals surface area contributed by atoms with E-state index in [1.165, 1.54) is 0 Å². The number of nitrogens with zero attached hydrogens (tertiary/aromatic N) is 1. The predicted octanol–water partition coefficient (Wildman–Crippen LogP) is -1.06. The van der Waals surface area contributed by atoms with Gasteiger partial charge in [-0.3, -0.25) is 4.79 Å². The smallest absolute Gasteiger partial charge is 0.230 e. The highest BCUT2D eigenvalue weighted by atomic mass is 16.5. The van der Waals surface area contributed by atoms with Gasteiger partial charge < -0.3 is 20.5 Å². The molecular weight excluding hydrogens is 196 g/mol. The Kier molecular flexibility index (Phi) is 3.23. The highest BCUT2D eigenvalue weighted by Gasteiger charge is 2.39. The maximum Gasteiger partial charge on any atom is 0.230 e. The van der Waals surface area contributed by atoms with E-state index in [0.29, 0.717) is 25.8 Å². The van der Waals surface area contributed by atoms with Gasteiger partial charge in [0.1, 0.15) is 0 Å². The van der Waals surface area contributed by atoms with E-state index in [0.717, 1.165) is 12.8 Å². The van der Waals surface area contributed by atoms with Crippen molar-refractivity contribution >= 4 is 5.91 Å². The average molecular weight is 214 g/mol. The molecule has 0 bridgehead atoms. The lowest BCUT2D eigenvalue weighted by Crippen LogP contribution is -2.45. The molecule has 0 aromatic carbocycles. The molecule has 2 atom stereocenters. The quantitative estimate of drug-likeness (QED) is 0.625. The summed E-state index contributed by atoms with van der Waals surface area (Å²) in [6.45, 7) is 1.33. The van der Waals surface area contributed by atoms with Gasteiger partial charge in [-0.05, 0) is 12.8 Å². The van der Waals surface area contributed by atoms with E-state index in [2.05, 4.69) is 0 Å². The van der Waals surface area contributed by atoms with Crippen molar-refractivity contribution in [3.63, 3.8) is 0 Å². The molecule has 1 amide bonds. The summed E-state index contributed by atoms with van der Waals surface area (Å²) in [6, 6.07) is 0.148. The molecule has 15 heavy (non-hydrogen) atoms. The zero-order chi connectivity index (χ0) is 10.8. The molecule has 1 aliphatic carbocycles. The largest absolute Gasteiger partial charge is 0.395 e. The van der Waals surface area contributed by atoms with Crippen molar-refractivity contribution in [1.29, 1.82) is 0 Å². The fraction of sp³-hybridized carbons (Fsp3) is 0.900. The first-order valence-electron chi connectivity index (χ1n) is 5.48. The fourth-order valence-electron chi connectivity index (χ4n) is 2.00. The minimum Gasteiger partial charge on any atom is -0.395 e. The lowest BCUT2D eigenvalue weighted by molar-refractivity contribution is -0.136. The third kappa shape index (κ3) is 2.30. The van der Waals surface area contributed by atoms with E-state index in [9.17, 15) is 4.79 Å². The lowest BCUT2D eigenvalue weighted by Gasteiger charge is -2.25. The van der Waals surface area contributed by atoms with Gasteiger partial charge in [0, 0.05) is 18.6 Å². The number of amides is 1. The second-order valence-electron chi connectivity index (χ2n) is 4.29. The Morgan fingerprint density at radius 3 is 2.67 bits per heavy atom. The van der Waals surface area contributed by atoms with Gasteiger partial charge in [0.2, 0.25) is 5.91 Å². The van der Waals surface area contributed by atoms with E-state index in [1.807, 2.05) is 0 Å². The lowest BCUT2D eigenvalue weighted by atomic mass is 10.0. The number of hydrogen-bond acceptors (Lipinski definition) is 4. The monoisotopic (exact) mass is 214 g/mol. The van der Waals surface area contributed by atoms with E-state index < -0.39 is 0 Å². The zero-order valence-corrected chi connectivity index (χ0v) is 8.76. The highest BCUT2D eigenvalue weighted by molar-refractivity contribution is 5.80. The van der Waals surface area contributed by atoms with E-state index >= 15 is 0 Å². The van der Waals surface area contributed by atoms with Crippen molar-refractivity contribution < 1.29 is 14.6 Å². The molecule has 0 radical (unpaired) electrons. The van der Waals surface area contributed by atoms with E-state index in [-0.39, 0.29) is 24.5 Å². The molecule has 3 N–H and O–H groups in total. The van der Waals surface area contributed by atoms with Crippen LogP contribution in [0.3, 0.4) is 0 Å². The Bertz CT molecular complexity index is 243. The van der Waals surface area contributed by atoms with Crippen LogP contribution in [0.15, 0.2) is 0 Å². The SMILES string of the molecule is NC1COCC1C(=O)N(CCO)C1CC1. The number of carbonyl (C=O) groups excluding carboxylic acids is 1. The Morgan fingerprint density at radius 2 is 2.20 bits per heavy atom. The number of ether oxygens (including phenoxy) is 1. The molecule has 1 saturated heterocycles. The standard InChI is InChI=1S/C10H18N2O3/c11-9-6-15-5-8(9)10(14)12(3-4-13)7-1-2-7/h7-9,13H,1-6,11H2. The normalized spacial score (nSPS) is 30.5. The molecule has 5 nitrogen and oxygen atoms in total. The highest BCUT2D eigenvalue weighted by Crippen LogP contribution is 2.29. The molecule has 0 spiro atoms. The van der Waals surface area contributed by atoms with Crippen LogP contribution in [-0.4, -0.2) is 54.4 Å². The third-order valence-corrected chi connectivity index (χ3v) is 3.05. The predicted molar refractivity (Wildman–Crippen MR) is 54.1 cm³/mol. The van der Waals surface area contributed by atoms with Crippen molar-refractivity contribution in [2.24, 2.45) is 11.7 Å². The van der Waals surface area contributed by atoms with Gasteiger partial charge >= 0.3 is 0 Å². The molecule has 2 aliphatic rings. The van der Waals surface area contributed by atoms with Crippen molar-refractivity contribution in [3.05, 3.63) is 0 Å². The minimum absolute atomic E-state index is 0.0189. The summed E-state index contributed by atoms with van der Waals surface area (Å²) in [4.78, 5) is 13.8. The van der Waals surface area contributed by atoms with E-state index in [4.69, 9.17) is 15.6 Å². The van der Waals surface area contributed by atoms with Crippen molar-refractivity contribution in [1.82, 2.24) is 4.90 Å². The molecule has 2 unspecified atom stereocenters. The fourth-order valence-corrected chi connectivity index (χ4v) is 2.00. The van der Waals surface area contributed by atoms with Crippen LogP contribution < -0.4 is 5.73 Å². The maximum atomic E-state index is 12.1. The summed E-state index contributed by atoms with van der Waals surface area (Å²) >= 11 is 0. The number of rotatable bonds is 4. The number of aliphatic hydroxyl groups excluding tert-OH is 1. The summed E-state index contributed by atoms with van der Waals surface area (Å²) in [5.41, 5.74) is 5.80.